The van der Waals surface area contributed by atoms with Crippen LogP contribution < -0.4 is 5.32 Å². The lowest BCUT2D eigenvalue weighted by molar-refractivity contribution is 0.552. The molecule has 0 spiro atoms. The predicted molar refractivity (Wildman–Crippen MR) is 59.4 cm³/mol. The zero-order valence-electron chi connectivity index (χ0n) is 7.75. The molecule has 2 rings (SSSR count). The van der Waals surface area contributed by atoms with Gasteiger partial charge < -0.3 is 5.32 Å². The summed E-state index contributed by atoms with van der Waals surface area (Å²) in [7, 11) is 0. The second-order valence-electron chi connectivity index (χ2n) is 3.30. The molecule has 2 heterocycles. The topological polar surface area (TPSA) is 24.9 Å². The summed E-state index contributed by atoms with van der Waals surface area (Å²) in [4.78, 5) is 5.67. The first-order valence-corrected chi connectivity index (χ1v) is 6.60. The molecular weight excluding hydrogens is 200 g/mol. The van der Waals surface area contributed by atoms with E-state index in [1.807, 2.05) is 17.3 Å². The molecule has 0 radical (unpaired) electrons. The van der Waals surface area contributed by atoms with Crippen LogP contribution in [0.1, 0.15) is 17.0 Å². The first-order valence-electron chi connectivity index (χ1n) is 4.56. The number of nitrogens with one attached hydrogen (secondary N) is 1. The van der Waals surface area contributed by atoms with Gasteiger partial charge in [0.15, 0.2) is 0 Å². The summed E-state index contributed by atoms with van der Waals surface area (Å²) in [5, 5.41) is 3.55. The summed E-state index contributed by atoms with van der Waals surface area (Å²) in [5.41, 5.74) is 3.15. The zero-order chi connectivity index (χ0) is 9.10. The van der Waals surface area contributed by atoms with E-state index in [0.29, 0.717) is 6.04 Å². The van der Waals surface area contributed by atoms with Crippen LogP contribution in [0.5, 0.6) is 0 Å². The van der Waals surface area contributed by atoms with Gasteiger partial charge in [0.1, 0.15) is 0 Å². The molecule has 72 valence electrons. The number of rotatable bonds is 3. The molecule has 1 aromatic heterocycles. The molecule has 0 amide bonds. The van der Waals surface area contributed by atoms with Gasteiger partial charge in [-0.05, 0) is 19.1 Å². The summed E-state index contributed by atoms with van der Waals surface area (Å²) >= 11 is 3.77. The van der Waals surface area contributed by atoms with Crippen molar-refractivity contribution in [2.24, 2.45) is 0 Å². The third-order valence-electron chi connectivity index (χ3n) is 2.33. The van der Waals surface area contributed by atoms with E-state index in [4.69, 9.17) is 0 Å². The lowest BCUT2D eigenvalue weighted by atomic mass is 10.2. The standard InChI is InChI=1S/C9H14N2S2/c1-7-9(11-6-13-7)4-10-8-2-3-12-5-8/h6,8,10H,2-5H2,1H3. The largest absolute Gasteiger partial charge is 0.307 e. The van der Waals surface area contributed by atoms with Gasteiger partial charge >= 0.3 is 0 Å². The summed E-state index contributed by atoms with van der Waals surface area (Å²) < 4.78 is 0. The van der Waals surface area contributed by atoms with Crippen molar-refractivity contribution in [1.82, 2.24) is 10.3 Å². The fraction of sp³-hybridized carbons (Fsp3) is 0.667. The molecule has 13 heavy (non-hydrogen) atoms. The van der Waals surface area contributed by atoms with Gasteiger partial charge in [0, 0.05) is 23.2 Å². The van der Waals surface area contributed by atoms with Crippen LogP contribution >= 0.6 is 23.1 Å². The molecule has 0 saturated carbocycles. The quantitative estimate of drug-likeness (QED) is 0.833. The predicted octanol–water partition coefficient (Wildman–Crippen LogP) is 2.05. The Morgan fingerprint density at radius 3 is 3.23 bits per heavy atom. The van der Waals surface area contributed by atoms with Crippen molar-refractivity contribution in [1.29, 1.82) is 0 Å². The van der Waals surface area contributed by atoms with Crippen LogP contribution in [0.3, 0.4) is 0 Å². The van der Waals surface area contributed by atoms with E-state index in [0.717, 1.165) is 6.54 Å². The van der Waals surface area contributed by atoms with Crippen LogP contribution in [0.25, 0.3) is 0 Å². The third kappa shape index (κ3) is 2.45. The van der Waals surface area contributed by atoms with Crippen molar-refractivity contribution in [3.63, 3.8) is 0 Å². The SMILES string of the molecule is Cc1scnc1CNC1CCSC1. The molecule has 1 fully saturated rings. The molecule has 1 aromatic rings. The van der Waals surface area contributed by atoms with Crippen LogP contribution in [0, 0.1) is 6.92 Å². The second kappa shape index (κ2) is 4.44. The molecule has 1 atom stereocenters. The van der Waals surface area contributed by atoms with Crippen molar-refractivity contribution in [2.45, 2.75) is 25.9 Å². The molecule has 0 aromatic carbocycles. The molecule has 1 N–H and O–H groups in total. The third-order valence-corrected chi connectivity index (χ3v) is 4.29. The Morgan fingerprint density at radius 1 is 1.69 bits per heavy atom. The van der Waals surface area contributed by atoms with E-state index in [2.05, 4.69) is 17.2 Å². The smallest absolute Gasteiger partial charge is 0.0798 e. The maximum absolute atomic E-state index is 4.33. The van der Waals surface area contributed by atoms with Crippen molar-refractivity contribution < 1.29 is 0 Å². The molecule has 1 saturated heterocycles. The Morgan fingerprint density at radius 2 is 2.62 bits per heavy atom. The molecule has 0 aliphatic carbocycles. The number of thiazole rings is 1. The van der Waals surface area contributed by atoms with Crippen LogP contribution in [0.15, 0.2) is 5.51 Å². The average molecular weight is 214 g/mol. The highest BCUT2D eigenvalue weighted by atomic mass is 32.2. The van der Waals surface area contributed by atoms with Crippen LogP contribution in [-0.2, 0) is 6.54 Å². The molecule has 0 bridgehead atoms. The molecular formula is C9H14N2S2. The Hall–Kier alpha value is -0.0600. The fourth-order valence-corrected chi connectivity index (χ4v) is 3.22. The zero-order valence-corrected chi connectivity index (χ0v) is 9.38. The summed E-state index contributed by atoms with van der Waals surface area (Å²) in [6, 6.07) is 0.714. The maximum atomic E-state index is 4.33. The maximum Gasteiger partial charge on any atom is 0.0798 e. The number of thioether (sulfide) groups is 1. The molecule has 4 heteroatoms. The Bertz CT molecular complexity index is 266. The lowest BCUT2D eigenvalue weighted by Crippen LogP contribution is -2.28. The summed E-state index contributed by atoms with van der Waals surface area (Å²) in [6.07, 6.45) is 1.31. The number of aromatic nitrogens is 1. The van der Waals surface area contributed by atoms with Gasteiger partial charge in [0.2, 0.25) is 0 Å². The summed E-state index contributed by atoms with van der Waals surface area (Å²) in [6.45, 7) is 3.08. The Balaban J connectivity index is 1.82. The van der Waals surface area contributed by atoms with E-state index in [9.17, 15) is 0 Å². The first kappa shape index (κ1) is 9.49. The molecule has 1 aliphatic rings. The van der Waals surface area contributed by atoms with E-state index < -0.39 is 0 Å². The number of hydrogen-bond acceptors (Lipinski definition) is 4. The molecule has 1 unspecified atom stereocenters. The monoisotopic (exact) mass is 214 g/mol. The van der Waals surface area contributed by atoms with Crippen molar-refractivity contribution in [2.75, 3.05) is 11.5 Å². The van der Waals surface area contributed by atoms with Crippen LogP contribution in [0.4, 0.5) is 0 Å². The lowest BCUT2D eigenvalue weighted by Gasteiger charge is -2.09. The highest BCUT2D eigenvalue weighted by Crippen LogP contribution is 2.18. The number of aryl methyl sites for hydroxylation is 1. The highest BCUT2D eigenvalue weighted by Gasteiger charge is 2.14. The van der Waals surface area contributed by atoms with Gasteiger partial charge in [-0.2, -0.15) is 11.8 Å². The minimum Gasteiger partial charge on any atom is -0.307 e. The number of hydrogen-bond donors (Lipinski definition) is 1. The molecule has 2 nitrogen and oxygen atoms in total. The van der Waals surface area contributed by atoms with Gasteiger partial charge in [0.05, 0.1) is 11.2 Å². The Kier molecular flexibility index (Phi) is 3.24. The second-order valence-corrected chi connectivity index (χ2v) is 5.51. The normalized spacial score (nSPS) is 22.4. The van der Waals surface area contributed by atoms with E-state index in [-0.39, 0.29) is 0 Å². The highest BCUT2D eigenvalue weighted by molar-refractivity contribution is 7.99. The van der Waals surface area contributed by atoms with Crippen molar-refractivity contribution in [3.05, 3.63) is 16.1 Å². The van der Waals surface area contributed by atoms with Crippen LogP contribution in [-0.4, -0.2) is 22.5 Å². The van der Waals surface area contributed by atoms with Gasteiger partial charge in [-0.25, -0.2) is 4.98 Å². The van der Waals surface area contributed by atoms with Gasteiger partial charge in [0.25, 0.3) is 0 Å². The van der Waals surface area contributed by atoms with Crippen molar-refractivity contribution in [3.8, 4) is 0 Å². The van der Waals surface area contributed by atoms with Crippen molar-refractivity contribution >= 4 is 23.1 Å². The van der Waals surface area contributed by atoms with Gasteiger partial charge in [-0.15, -0.1) is 11.3 Å². The van der Waals surface area contributed by atoms with E-state index in [1.165, 1.54) is 28.5 Å². The molecule has 1 aliphatic heterocycles. The van der Waals surface area contributed by atoms with Gasteiger partial charge in [-0.3, -0.25) is 0 Å². The fourth-order valence-electron chi connectivity index (χ4n) is 1.43. The minimum atomic E-state index is 0.714. The first-order chi connectivity index (χ1) is 6.36. The summed E-state index contributed by atoms with van der Waals surface area (Å²) in [5.74, 6) is 2.58. The van der Waals surface area contributed by atoms with Gasteiger partial charge in [-0.1, -0.05) is 0 Å². The van der Waals surface area contributed by atoms with E-state index in [1.54, 1.807) is 11.3 Å². The van der Waals surface area contributed by atoms with Crippen LogP contribution in [0.2, 0.25) is 0 Å². The average Bonchev–Trinajstić information content (AvgIpc) is 2.72. The Labute approximate surface area is 87.1 Å². The van der Waals surface area contributed by atoms with E-state index >= 15 is 0 Å². The number of nitrogens with zero attached hydrogens (tertiary/aromatic N) is 1. The minimum absolute atomic E-state index is 0.714.